The van der Waals surface area contributed by atoms with Gasteiger partial charge in [-0.05, 0) is 37.8 Å². The van der Waals surface area contributed by atoms with E-state index in [9.17, 15) is 0 Å². The number of rotatable bonds is 1. The SMILES string of the molecule is CC1CCCCN1c1nc(Cl)nc2nc[nH]c12. The number of anilines is 1. The standard InChI is InChI=1S/C11H14ClN5/c1-7-4-2-3-5-17(7)10-8-9(14-6-13-8)15-11(12)16-10/h6-7H,2-5H2,1H3,(H,13,14,15,16). The number of H-pyrrole nitrogens is 1. The van der Waals surface area contributed by atoms with Gasteiger partial charge in [-0.25, -0.2) is 4.98 Å². The van der Waals surface area contributed by atoms with Crippen LogP contribution in [0.25, 0.3) is 11.2 Å². The van der Waals surface area contributed by atoms with E-state index in [0.717, 1.165) is 17.9 Å². The molecule has 90 valence electrons. The zero-order valence-electron chi connectivity index (χ0n) is 9.65. The van der Waals surface area contributed by atoms with Crippen LogP contribution in [0.15, 0.2) is 6.33 Å². The zero-order valence-corrected chi connectivity index (χ0v) is 10.4. The van der Waals surface area contributed by atoms with Crippen molar-refractivity contribution >= 4 is 28.6 Å². The van der Waals surface area contributed by atoms with Crippen molar-refractivity contribution in [1.29, 1.82) is 0 Å². The van der Waals surface area contributed by atoms with Gasteiger partial charge in [0.25, 0.3) is 0 Å². The molecule has 2 aromatic rings. The van der Waals surface area contributed by atoms with Crippen molar-refractivity contribution in [1.82, 2.24) is 19.9 Å². The van der Waals surface area contributed by atoms with Crippen molar-refractivity contribution in [2.24, 2.45) is 0 Å². The summed E-state index contributed by atoms with van der Waals surface area (Å²) in [6.45, 7) is 3.24. The second kappa shape index (κ2) is 4.14. The Labute approximate surface area is 104 Å². The molecule has 0 radical (unpaired) electrons. The quantitative estimate of drug-likeness (QED) is 0.791. The van der Waals surface area contributed by atoms with Gasteiger partial charge in [0, 0.05) is 12.6 Å². The summed E-state index contributed by atoms with van der Waals surface area (Å²) in [5, 5.41) is 0.261. The van der Waals surface area contributed by atoms with Crippen LogP contribution in [0.1, 0.15) is 26.2 Å². The lowest BCUT2D eigenvalue weighted by molar-refractivity contribution is 0.482. The second-order valence-corrected chi connectivity index (χ2v) is 4.79. The molecule has 17 heavy (non-hydrogen) atoms. The molecule has 0 spiro atoms. The highest BCUT2D eigenvalue weighted by Gasteiger charge is 2.23. The minimum absolute atomic E-state index is 0.261. The third kappa shape index (κ3) is 1.84. The van der Waals surface area contributed by atoms with Gasteiger partial charge >= 0.3 is 0 Å². The van der Waals surface area contributed by atoms with Crippen molar-refractivity contribution in [3.8, 4) is 0 Å². The molecule has 0 aliphatic carbocycles. The van der Waals surface area contributed by atoms with Crippen LogP contribution in [0.2, 0.25) is 5.28 Å². The number of piperidine rings is 1. The first kappa shape index (κ1) is 10.8. The van der Waals surface area contributed by atoms with Crippen molar-refractivity contribution in [2.75, 3.05) is 11.4 Å². The van der Waals surface area contributed by atoms with Gasteiger partial charge in [0.1, 0.15) is 5.52 Å². The molecule has 0 amide bonds. The van der Waals surface area contributed by atoms with E-state index in [1.54, 1.807) is 6.33 Å². The molecule has 2 aromatic heterocycles. The van der Waals surface area contributed by atoms with Crippen LogP contribution in [0.4, 0.5) is 5.82 Å². The summed E-state index contributed by atoms with van der Waals surface area (Å²) in [5.41, 5.74) is 1.51. The van der Waals surface area contributed by atoms with Gasteiger partial charge in [0.2, 0.25) is 5.28 Å². The molecular formula is C11H14ClN5. The molecule has 3 heterocycles. The first-order chi connectivity index (χ1) is 8.25. The van der Waals surface area contributed by atoms with Gasteiger partial charge in [-0.15, -0.1) is 0 Å². The highest BCUT2D eigenvalue weighted by atomic mass is 35.5. The van der Waals surface area contributed by atoms with E-state index >= 15 is 0 Å². The molecule has 0 bridgehead atoms. The first-order valence-corrected chi connectivity index (χ1v) is 6.27. The van der Waals surface area contributed by atoms with Gasteiger partial charge < -0.3 is 9.88 Å². The largest absolute Gasteiger partial charge is 0.352 e. The van der Waals surface area contributed by atoms with Gasteiger partial charge in [-0.3, -0.25) is 0 Å². The van der Waals surface area contributed by atoms with E-state index in [1.165, 1.54) is 19.3 Å². The van der Waals surface area contributed by atoms with E-state index < -0.39 is 0 Å². The summed E-state index contributed by atoms with van der Waals surface area (Å²) < 4.78 is 0. The Morgan fingerprint density at radius 2 is 2.29 bits per heavy atom. The fourth-order valence-electron chi connectivity index (χ4n) is 2.41. The molecule has 0 aromatic carbocycles. The number of aromatic amines is 1. The average molecular weight is 252 g/mol. The minimum atomic E-state index is 0.261. The fraction of sp³-hybridized carbons (Fsp3) is 0.545. The Morgan fingerprint density at radius 3 is 3.12 bits per heavy atom. The predicted octanol–water partition coefficient (Wildman–Crippen LogP) is 2.39. The smallest absolute Gasteiger partial charge is 0.226 e. The maximum absolute atomic E-state index is 5.94. The molecule has 1 unspecified atom stereocenters. The number of nitrogens with zero attached hydrogens (tertiary/aromatic N) is 4. The Morgan fingerprint density at radius 1 is 1.41 bits per heavy atom. The second-order valence-electron chi connectivity index (χ2n) is 4.46. The van der Waals surface area contributed by atoms with Crippen LogP contribution in [-0.4, -0.2) is 32.5 Å². The van der Waals surface area contributed by atoms with Crippen molar-refractivity contribution < 1.29 is 0 Å². The Kier molecular flexibility index (Phi) is 2.63. The van der Waals surface area contributed by atoms with E-state index in [-0.39, 0.29) is 5.28 Å². The predicted molar refractivity (Wildman–Crippen MR) is 67.4 cm³/mol. The Hall–Kier alpha value is -1.36. The lowest BCUT2D eigenvalue weighted by Gasteiger charge is -2.34. The topological polar surface area (TPSA) is 57.7 Å². The molecular weight excluding hydrogens is 238 g/mol. The number of imidazole rings is 1. The van der Waals surface area contributed by atoms with Gasteiger partial charge in [-0.1, -0.05) is 0 Å². The highest BCUT2D eigenvalue weighted by Crippen LogP contribution is 2.28. The number of aromatic nitrogens is 4. The number of fused-ring (bicyclic) bond motifs is 1. The molecule has 0 saturated carbocycles. The summed E-state index contributed by atoms with van der Waals surface area (Å²) in [6, 6.07) is 0.487. The summed E-state index contributed by atoms with van der Waals surface area (Å²) in [5.74, 6) is 0.879. The van der Waals surface area contributed by atoms with Crippen LogP contribution < -0.4 is 4.90 Å². The number of hydrogen-bond donors (Lipinski definition) is 1. The Balaban J connectivity index is 2.11. The van der Waals surface area contributed by atoms with Crippen LogP contribution in [0.5, 0.6) is 0 Å². The maximum Gasteiger partial charge on any atom is 0.226 e. The Bertz CT molecular complexity index is 538. The highest BCUT2D eigenvalue weighted by molar-refractivity contribution is 6.28. The molecule has 1 fully saturated rings. The van der Waals surface area contributed by atoms with Crippen LogP contribution >= 0.6 is 11.6 Å². The summed E-state index contributed by atoms with van der Waals surface area (Å²) in [4.78, 5) is 18.0. The lowest BCUT2D eigenvalue weighted by Crippen LogP contribution is -2.38. The summed E-state index contributed by atoms with van der Waals surface area (Å²) >= 11 is 5.94. The average Bonchev–Trinajstić information content (AvgIpc) is 2.76. The van der Waals surface area contributed by atoms with E-state index in [1.807, 2.05) is 0 Å². The third-order valence-corrected chi connectivity index (χ3v) is 3.48. The maximum atomic E-state index is 5.94. The first-order valence-electron chi connectivity index (χ1n) is 5.89. The summed E-state index contributed by atoms with van der Waals surface area (Å²) in [7, 11) is 0. The monoisotopic (exact) mass is 251 g/mol. The molecule has 5 nitrogen and oxygen atoms in total. The molecule has 1 saturated heterocycles. The van der Waals surface area contributed by atoms with Crippen LogP contribution in [-0.2, 0) is 0 Å². The van der Waals surface area contributed by atoms with E-state index in [4.69, 9.17) is 11.6 Å². The number of nitrogens with one attached hydrogen (secondary N) is 1. The van der Waals surface area contributed by atoms with E-state index in [0.29, 0.717) is 11.7 Å². The van der Waals surface area contributed by atoms with Crippen molar-refractivity contribution in [3.63, 3.8) is 0 Å². The van der Waals surface area contributed by atoms with Gasteiger partial charge in [-0.2, -0.15) is 9.97 Å². The zero-order chi connectivity index (χ0) is 11.8. The van der Waals surface area contributed by atoms with Crippen LogP contribution in [0, 0.1) is 0 Å². The number of halogens is 1. The number of hydrogen-bond acceptors (Lipinski definition) is 4. The normalized spacial score (nSPS) is 21.1. The molecule has 1 N–H and O–H groups in total. The van der Waals surface area contributed by atoms with Gasteiger partial charge in [0.05, 0.1) is 6.33 Å². The van der Waals surface area contributed by atoms with Gasteiger partial charge in [0.15, 0.2) is 11.5 Å². The molecule has 3 rings (SSSR count). The van der Waals surface area contributed by atoms with E-state index in [2.05, 4.69) is 31.8 Å². The van der Waals surface area contributed by atoms with Crippen molar-refractivity contribution in [2.45, 2.75) is 32.2 Å². The lowest BCUT2D eigenvalue weighted by atomic mass is 10.0. The third-order valence-electron chi connectivity index (χ3n) is 3.31. The summed E-state index contributed by atoms with van der Waals surface area (Å²) in [6.07, 6.45) is 5.30. The molecule has 1 atom stereocenters. The minimum Gasteiger partial charge on any atom is -0.352 e. The fourth-order valence-corrected chi connectivity index (χ4v) is 2.57. The van der Waals surface area contributed by atoms with Crippen molar-refractivity contribution in [3.05, 3.63) is 11.6 Å². The van der Waals surface area contributed by atoms with Crippen LogP contribution in [0.3, 0.4) is 0 Å². The molecule has 6 heteroatoms. The molecule has 1 aliphatic rings. The molecule has 1 aliphatic heterocycles.